The fraction of sp³-hybridized carbons (Fsp3) is 0.500. The fourth-order valence-electron chi connectivity index (χ4n) is 3.57. The first-order chi connectivity index (χ1) is 13.2. The number of carbonyl (C=O) groups excluding carboxylic acids is 1. The normalized spacial score (nSPS) is 17.7. The Balaban J connectivity index is 1.20. The maximum Gasteiger partial charge on any atom is 0.273 e. The zero-order valence-electron chi connectivity index (χ0n) is 15.1. The number of aromatic nitrogens is 5. The molecule has 2 aliphatic rings. The van der Waals surface area contributed by atoms with Gasteiger partial charge in [0.05, 0.1) is 0 Å². The molecule has 3 aromatic heterocycles. The molecule has 9 heteroatoms. The molecule has 1 aliphatic heterocycles. The maximum absolute atomic E-state index is 12.0. The minimum atomic E-state index is -0.195. The van der Waals surface area contributed by atoms with Crippen molar-refractivity contribution in [2.75, 3.05) is 24.5 Å². The van der Waals surface area contributed by atoms with E-state index in [1.54, 1.807) is 13.0 Å². The molecular formula is C18H21N7O2. The molecule has 2 fully saturated rings. The molecule has 0 bridgehead atoms. The smallest absolute Gasteiger partial charge is 0.273 e. The predicted molar refractivity (Wildman–Crippen MR) is 96.7 cm³/mol. The van der Waals surface area contributed by atoms with Crippen molar-refractivity contribution in [3.8, 4) is 0 Å². The molecule has 1 saturated carbocycles. The lowest BCUT2D eigenvalue weighted by atomic mass is 9.85. The Morgan fingerprint density at radius 1 is 1.30 bits per heavy atom. The van der Waals surface area contributed by atoms with E-state index in [9.17, 15) is 4.79 Å². The summed E-state index contributed by atoms with van der Waals surface area (Å²) in [6.07, 6.45) is 3.60. The monoisotopic (exact) mass is 367 g/mol. The summed E-state index contributed by atoms with van der Waals surface area (Å²) in [4.78, 5) is 14.2. The van der Waals surface area contributed by atoms with Crippen molar-refractivity contribution < 1.29 is 9.32 Å². The van der Waals surface area contributed by atoms with Gasteiger partial charge < -0.3 is 14.7 Å². The van der Waals surface area contributed by atoms with E-state index in [1.807, 2.05) is 16.6 Å². The van der Waals surface area contributed by atoms with Crippen molar-refractivity contribution in [3.63, 3.8) is 0 Å². The number of hydrogen-bond donors (Lipinski definition) is 1. The van der Waals surface area contributed by atoms with Gasteiger partial charge in [-0.3, -0.25) is 4.79 Å². The molecule has 1 N–H and O–H groups in total. The lowest BCUT2D eigenvalue weighted by molar-refractivity contribution is 0.0935. The van der Waals surface area contributed by atoms with Gasteiger partial charge in [-0.25, -0.2) is 0 Å². The van der Waals surface area contributed by atoms with Gasteiger partial charge in [-0.2, -0.15) is 4.52 Å². The van der Waals surface area contributed by atoms with Crippen molar-refractivity contribution in [1.82, 2.24) is 30.3 Å². The fourth-order valence-corrected chi connectivity index (χ4v) is 3.57. The van der Waals surface area contributed by atoms with Gasteiger partial charge in [0.2, 0.25) is 0 Å². The lowest BCUT2D eigenvalue weighted by Crippen LogP contribution is -2.52. The molecule has 5 rings (SSSR count). The first-order valence-electron chi connectivity index (χ1n) is 9.36. The van der Waals surface area contributed by atoms with Gasteiger partial charge in [-0.05, 0) is 31.9 Å². The number of hydrogen-bond acceptors (Lipinski definition) is 7. The maximum atomic E-state index is 12.0. The Hall–Kier alpha value is -2.97. The van der Waals surface area contributed by atoms with Crippen molar-refractivity contribution in [2.24, 2.45) is 5.92 Å². The Labute approximate surface area is 155 Å². The molecule has 140 valence electrons. The molecule has 4 heterocycles. The van der Waals surface area contributed by atoms with Crippen molar-refractivity contribution in [1.29, 1.82) is 0 Å². The minimum absolute atomic E-state index is 0.195. The van der Waals surface area contributed by atoms with E-state index in [1.165, 1.54) is 19.3 Å². The number of nitrogens with one attached hydrogen (secondary N) is 1. The van der Waals surface area contributed by atoms with E-state index in [-0.39, 0.29) is 5.91 Å². The number of rotatable bonds is 5. The van der Waals surface area contributed by atoms with Crippen LogP contribution in [-0.4, -0.2) is 50.5 Å². The number of aryl methyl sites for hydroxylation is 1. The zero-order chi connectivity index (χ0) is 18.4. The van der Waals surface area contributed by atoms with Gasteiger partial charge in [-0.15, -0.1) is 15.3 Å². The highest BCUT2D eigenvalue weighted by molar-refractivity contribution is 5.92. The van der Waals surface area contributed by atoms with Gasteiger partial charge in [0.25, 0.3) is 5.91 Å². The van der Waals surface area contributed by atoms with Gasteiger partial charge in [0.15, 0.2) is 17.2 Å². The molecule has 9 nitrogen and oxygen atoms in total. The van der Waals surface area contributed by atoms with Crippen LogP contribution in [0.4, 0.5) is 5.82 Å². The summed E-state index contributed by atoms with van der Waals surface area (Å²) in [5.74, 6) is 3.22. The molecule has 27 heavy (non-hydrogen) atoms. The standard InChI is InChI=1S/C18H21N7O2/c1-11-7-14(23-27-11)18(26)19-8-12-9-24(10-12)16-6-5-15-20-21-17(25(15)22-16)13-3-2-4-13/h5-7,12-13H,2-4,8-10H2,1H3,(H,19,26). The largest absolute Gasteiger partial charge is 0.361 e. The second-order valence-corrected chi connectivity index (χ2v) is 7.45. The van der Waals surface area contributed by atoms with Crippen LogP contribution in [0, 0.1) is 12.8 Å². The molecule has 3 aromatic rings. The summed E-state index contributed by atoms with van der Waals surface area (Å²) in [5.41, 5.74) is 1.12. The van der Waals surface area contributed by atoms with E-state index in [4.69, 9.17) is 9.62 Å². The Morgan fingerprint density at radius 3 is 2.85 bits per heavy atom. The van der Waals surface area contributed by atoms with E-state index >= 15 is 0 Å². The van der Waals surface area contributed by atoms with Crippen molar-refractivity contribution in [2.45, 2.75) is 32.1 Å². The predicted octanol–water partition coefficient (Wildman–Crippen LogP) is 1.55. The van der Waals surface area contributed by atoms with Crippen LogP contribution in [0.5, 0.6) is 0 Å². The Morgan fingerprint density at radius 2 is 2.15 bits per heavy atom. The molecule has 0 spiro atoms. The van der Waals surface area contributed by atoms with Gasteiger partial charge in [0.1, 0.15) is 11.6 Å². The third-order valence-electron chi connectivity index (χ3n) is 5.44. The van der Waals surface area contributed by atoms with E-state index < -0.39 is 0 Å². The van der Waals surface area contributed by atoms with Crippen LogP contribution in [0.2, 0.25) is 0 Å². The van der Waals surface area contributed by atoms with Crippen LogP contribution in [-0.2, 0) is 0 Å². The van der Waals surface area contributed by atoms with Crippen molar-refractivity contribution in [3.05, 3.63) is 35.5 Å². The SMILES string of the molecule is Cc1cc(C(=O)NCC2CN(c3ccc4nnc(C5CCC5)n4n3)C2)no1. The molecule has 0 radical (unpaired) electrons. The summed E-state index contributed by atoms with van der Waals surface area (Å²) in [5, 5.41) is 20.0. The molecule has 0 aromatic carbocycles. The quantitative estimate of drug-likeness (QED) is 0.730. The third kappa shape index (κ3) is 2.92. The number of carbonyl (C=O) groups is 1. The average Bonchev–Trinajstić information content (AvgIpc) is 3.18. The second kappa shape index (κ2) is 6.33. The summed E-state index contributed by atoms with van der Waals surface area (Å²) >= 11 is 0. The first-order valence-corrected chi connectivity index (χ1v) is 9.36. The number of nitrogens with zero attached hydrogens (tertiary/aromatic N) is 6. The average molecular weight is 367 g/mol. The third-order valence-corrected chi connectivity index (χ3v) is 5.44. The zero-order valence-corrected chi connectivity index (χ0v) is 15.1. The summed E-state index contributed by atoms with van der Waals surface area (Å²) in [7, 11) is 0. The highest BCUT2D eigenvalue weighted by atomic mass is 16.5. The van der Waals surface area contributed by atoms with E-state index in [2.05, 4.69) is 25.6 Å². The first kappa shape index (κ1) is 16.2. The second-order valence-electron chi connectivity index (χ2n) is 7.45. The van der Waals surface area contributed by atoms with Crippen LogP contribution in [0.3, 0.4) is 0 Å². The van der Waals surface area contributed by atoms with E-state index in [0.717, 1.165) is 30.4 Å². The summed E-state index contributed by atoms with van der Waals surface area (Å²) < 4.78 is 6.82. The Bertz CT molecular complexity index is 985. The van der Waals surface area contributed by atoms with Crippen LogP contribution in [0.15, 0.2) is 22.7 Å². The Kier molecular flexibility index (Phi) is 3.80. The highest BCUT2D eigenvalue weighted by Crippen LogP contribution is 2.35. The molecule has 1 amide bonds. The summed E-state index contributed by atoms with van der Waals surface area (Å²) in [6, 6.07) is 5.60. The number of amides is 1. The van der Waals surface area contributed by atoms with Gasteiger partial charge in [0, 0.05) is 37.5 Å². The topological polar surface area (TPSA) is 101 Å². The molecule has 0 unspecified atom stereocenters. The van der Waals surface area contributed by atoms with Crippen molar-refractivity contribution >= 4 is 17.4 Å². The number of fused-ring (bicyclic) bond motifs is 1. The van der Waals surface area contributed by atoms with Crippen LogP contribution in [0.25, 0.3) is 5.65 Å². The van der Waals surface area contributed by atoms with Gasteiger partial charge >= 0.3 is 0 Å². The van der Waals surface area contributed by atoms with E-state index in [0.29, 0.717) is 29.8 Å². The highest BCUT2D eigenvalue weighted by Gasteiger charge is 2.30. The lowest BCUT2D eigenvalue weighted by Gasteiger charge is -2.40. The minimum Gasteiger partial charge on any atom is -0.361 e. The van der Waals surface area contributed by atoms with Crippen LogP contribution >= 0.6 is 0 Å². The molecule has 1 aliphatic carbocycles. The number of anilines is 1. The van der Waals surface area contributed by atoms with Gasteiger partial charge in [-0.1, -0.05) is 11.6 Å². The van der Waals surface area contributed by atoms with Crippen LogP contribution < -0.4 is 10.2 Å². The summed E-state index contributed by atoms with van der Waals surface area (Å²) in [6.45, 7) is 4.10. The molecule has 1 saturated heterocycles. The molecule has 0 atom stereocenters. The van der Waals surface area contributed by atoms with Crippen LogP contribution in [0.1, 0.15) is 47.3 Å². The molecular weight excluding hydrogens is 346 g/mol.